The van der Waals surface area contributed by atoms with Crippen molar-refractivity contribution in [2.45, 2.75) is 53.4 Å². The summed E-state index contributed by atoms with van der Waals surface area (Å²) in [7, 11) is 1.74. The van der Waals surface area contributed by atoms with E-state index < -0.39 is 0 Å². The molecule has 0 saturated heterocycles. The van der Waals surface area contributed by atoms with Gasteiger partial charge in [-0.25, -0.2) is 4.98 Å². The number of nitrogens with zero attached hydrogens (tertiary/aromatic N) is 2. The first kappa shape index (κ1) is 29.0. The number of anilines is 2. The molecule has 0 aliphatic heterocycles. The summed E-state index contributed by atoms with van der Waals surface area (Å²) in [6.45, 7) is 7.87. The van der Waals surface area contributed by atoms with Gasteiger partial charge in [-0.05, 0) is 99.1 Å². The molecule has 2 aromatic heterocycles. The standard InChI is InChI=1S/C32H36N4O3S/c1-6-22(17-27(21(4)37)34-30-16-15-24(19-33-30)32(39)36(5)7-2)25-12-10-13-26(20(25)3)35-31(38)29-18-23-11-8-9-14-28(23)40-29/h6,10,12-13,15-19H,7-9,11,14H2,1-5H3,(H,33,34)(H,35,38)/b22-6?,27-17+. The summed E-state index contributed by atoms with van der Waals surface area (Å²) in [6, 6.07) is 11.2. The maximum Gasteiger partial charge on any atom is 0.265 e. The fraction of sp³-hybridized carbons (Fsp3) is 0.312. The highest BCUT2D eigenvalue weighted by Crippen LogP contribution is 2.32. The Morgan fingerprint density at radius 1 is 1.10 bits per heavy atom. The molecule has 0 radical (unpaired) electrons. The Morgan fingerprint density at radius 3 is 2.52 bits per heavy atom. The lowest BCUT2D eigenvalue weighted by Crippen LogP contribution is -2.26. The zero-order chi connectivity index (χ0) is 28.8. The Morgan fingerprint density at radius 2 is 1.88 bits per heavy atom. The molecule has 0 fully saturated rings. The fourth-order valence-corrected chi connectivity index (χ4v) is 5.81. The van der Waals surface area contributed by atoms with Gasteiger partial charge in [-0.1, -0.05) is 18.2 Å². The first-order chi connectivity index (χ1) is 19.2. The second-order valence-corrected chi connectivity index (χ2v) is 11.1. The molecule has 0 bridgehead atoms. The quantitative estimate of drug-likeness (QED) is 0.227. The summed E-state index contributed by atoms with van der Waals surface area (Å²) in [5.41, 5.74) is 5.53. The molecule has 1 aromatic carbocycles. The normalized spacial score (nSPS) is 13.4. The molecular weight excluding hydrogens is 520 g/mol. The fourth-order valence-electron chi connectivity index (χ4n) is 4.66. The minimum absolute atomic E-state index is 0.0959. The number of nitrogens with one attached hydrogen (secondary N) is 2. The third-order valence-electron chi connectivity index (χ3n) is 7.20. The Balaban J connectivity index is 1.54. The number of carbonyl (C=O) groups excluding carboxylic acids is 3. The van der Waals surface area contributed by atoms with Gasteiger partial charge in [0, 0.05) is 37.3 Å². The van der Waals surface area contributed by atoms with Crippen molar-refractivity contribution < 1.29 is 14.4 Å². The van der Waals surface area contributed by atoms with Gasteiger partial charge in [-0.3, -0.25) is 14.4 Å². The summed E-state index contributed by atoms with van der Waals surface area (Å²) in [5, 5.41) is 6.20. The number of fused-ring (bicyclic) bond motifs is 1. The SMILES string of the molecule is CC=C(/C=C(/Nc1ccc(C(=O)N(C)CC)cn1)C(C)=O)c1cccc(NC(=O)c2cc3c(s2)CCCC3)c1C. The zero-order valence-corrected chi connectivity index (χ0v) is 24.6. The Bertz CT molecular complexity index is 1460. The summed E-state index contributed by atoms with van der Waals surface area (Å²) in [6.07, 6.45) is 9.69. The first-order valence-corrected chi connectivity index (χ1v) is 14.4. The lowest BCUT2D eigenvalue weighted by Gasteiger charge is -2.15. The van der Waals surface area contributed by atoms with E-state index in [0.717, 1.165) is 40.1 Å². The van der Waals surface area contributed by atoms with E-state index in [2.05, 4.69) is 15.6 Å². The molecule has 1 aliphatic rings. The number of aryl methyl sites for hydroxylation is 2. The second kappa shape index (κ2) is 12.9. The van der Waals surface area contributed by atoms with Crippen LogP contribution in [0.2, 0.25) is 0 Å². The van der Waals surface area contributed by atoms with Crippen molar-refractivity contribution in [3.05, 3.63) is 92.5 Å². The van der Waals surface area contributed by atoms with Crippen LogP contribution in [0.1, 0.15) is 75.2 Å². The maximum atomic E-state index is 13.1. The molecule has 0 unspecified atom stereocenters. The number of ketones is 1. The summed E-state index contributed by atoms with van der Waals surface area (Å²) < 4.78 is 0. The van der Waals surface area contributed by atoms with Crippen LogP contribution < -0.4 is 10.6 Å². The van der Waals surface area contributed by atoms with Crippen LogP contribution in [0.3, 0.4) is 0 Å². The Kier molecular flexibility index (Phi) is 9.32. The van der Waals surface area contributed by atoms with Gasteiger partial charge in [0.1, 0.15) is 5.82 Å². The van der Waals surface area contributed by atoms with E-state index in [4.69, 9.17) is 0 Å². The topological polar surface area (TPSA) is 91.4 Å². The predicted octanol–water partition coefficient (Wildman–Crippen LogP) is 6.66. The maximum absolute atomic E-state index is 13.1. The van der Waals surface area contributed by atoms with Crippen LogP contribution in [0.15, 0.2) is 60.4 Å². The lowest BCUT2D eigenvalue weighted by molar-refractivity contribution is -0.113. The van der Waals surface area contributed by atoms with E-state index in [-0.39, 0.29) is 17.6 Å². The number of hydrogen-bond acceptors (Lipinski definition) is 6. The number of Topliss-reactive ketones (excluding diaryl/α,β-unsaturated/α-hetero) is 1. The van der Waals surface area contributed by atoms with Gasteiger partial charge in [0.2, 0.25) is 0 Å². The number of rotatable bonds is 9. The number of aromatic nitrogens is 1. The third-order valence-corrected chi connectivity index (χ3v) is 8.43. The molecule has 208 valence electrons. The van der Waals surface area contributed by atoms with Crippen LogP contribution in [0.4, 0.5) is 11.5 Å². The van der Waals surface area contributed by atoms with Gasteiger partial charge < -0.3 is 15.5 Å². The van der Waals surface area contributed by atoms with Crippen molar-refractivity contribution in [2.75, 3.05) is 24.2 Å². The van der Waals surface area contributed by atoms with Crippen molar-refractivity contribution in [3.8, 4) is 0 Å². The molecule has 0 atom stereocenters. The number of allylic oxidation sites excluding steroid dienone is 4. The Labute approximate surface area is 240 Å². The van der Waals surface area contributed by atoms with E-state index in [1.165, 1.54) is 36.4 Å². The number of thiophene rings is 1. The molecule has 3 aromatic rings. The van der Waals surface area contributed by atoms with Crippen molar-refractivity contribution in [2.24, 2.45) is 0 Å². The van der Waals surface area contributed by atoms with Crippen molar-refractivity contribution in [3.63, 3.8) is 0 Å². The minimum Gasteiger partial charge on any atom is -0.342 e. The van der Waals surface area contributed by atoms with Crippen LogP contribution in [-0.4, -0.2) is 41.1 Å². The number of benzene rings is 1. The highest BCUT2D eigenvalue weighted by molar-refractivity contribution is 7.14. The average molecular weight is 557 g/mol. The first-order valence-electron chi connectivity index (χ1n) is 13.6. The average Bonchev–Trinajstić information content (AvgIpc) is 3.41. The van der Waals surface area contributed by atoms with Crippen LogP contribution in [-0.2, 0) is 17.6 Å². The van der Waals surface area contributed by atoms with Gasteiger partial charge in [0.05, 0.1) is 16.1 Å². The number of hydrogen-bond donors (Lipinski definition) is 2. The highest BCUT2D eigenvalue weighted by Gasteiger charge is 2.19. The molecule has 4 rings (SSSR count). The third kappa shape index (κ3) is 6.57. The van der Waals surface area contributed by atoms with E-state index in [9.17, 15) is 14.4 Å². The lowest BCUT2D eigenvalue weighted by atomic mass is 9.97. The molecule has 40 heavy (non-hydrogen) atoms. The molecule has 0 spiro atoms. The van der Waals surface area contributed by atoms with Crippen LogP contribution in [0.25, 0.3) is 5.57 Å². The molecule has 8 heteroatoms. The monoisotopic (exact) mass is 556 g/mol. The smallest absolute Gasteiger partial charge is 0.265 e. The van der Waals surface area contributed by atoms with Crippen LogP contribution in [0, 0.1) is 6.92 Å². The number of carbonyl (C=O) groups is 3. The summed E-state index contributed by atoms with van der Waals surface area (Å²) in [5.74, 6) is 0.0995. The van der Waals surface area contributed by atoms with E-state index >= 15 is 0 Å². The molecule has 2 amide bonds. The largest absolute Gasteiger partial charge is 0.342 e. The van der Waals surface area contributed by atoms with Crippen molar-refractivity contribution in [1.82, 2.24) is 9.88 Å². The molecule has 1 aliphatic carbocycles. The minimum atomic E-state index is -0.157. The molecular formula is C32H36N4O3S. The predicted molar refractivity (Wildman–Crippen MR) is 163 cm³/mol. The van der Waals surface area contributed by atoms with Crippen molar-refractivity contribution >= 4 is 46.0 Å². The Hall–Kier alpha value is -4.04. The van der Waals surface area contributed by atoms with Crippen LogP contribution >= 0.6 is 11.3 Å². The molecule has 2 heterocycles. The van der Waals surface area contributed by atoms with Gasteiger partial charge in [-0.2, -0.15) is 0 Å². The van der Waals surface area contributed by atoms with Gasteiger partial charge >= 0.3 is 0 Å². The van der Waals surface area contributed by atoms with Crippen LogP contribution in [0.5, 0.6) is 0 Å². The van der Waals surface area contributed by atoms with E-state index in [1.54, 1.807) is 41.5 Å². The van der Waals surface area contributed by atoms with Crippen molar-refractivity contribution in [1.29, 1.82) is 0 Å². The zero-order valence-electron chi connectivity index (χ0n) is 23.8. The van der Waals surface area contributed by atoms with E-state index in [1.807, 2.05) is 51.1 Å². The summed E-state index contributed by atoms with van der Waals surface area (Å²) in [4.78, 5) is 46.1. The molecule has 7 nitrogen and oxygen atoms in total. The second-order valence-electron chi connectivity index (χ2n) is 9.93. The highest BCUT2D eigenvalue weighted by atomic mass is 32.1. The summed E-state index contributed by atoms with van der Waals surface area (Å²) >= 11 is 1.60. The van der Waals surface area contributed by atoms with E-state index in [0.29, 0.717) is 23.6 Å². The molecule has 2 N–H and O–H groups in total. The number of pyridine rings is 1. The van der Waals surface area contributed by atoms with Gasteiger partial charge in [0.25, 0.3) is 11.8 Å². The van der Waals surface area contributed by atoms with Gasteiger partial charge in [0.15, 0.2) is 5.78 Å². The number of amides is 2. The molecule has 0 saturated carbocycles. The van der Waals surface area contributed by atoms with Gasteiger partial charge in [-0.15, -0.1) is 11.3 Å².